The highest BCUT2D eigenvalue weighted by atomic mass is 35.5. The first-order valence-corrected chi connectivity index (χ1v) is 4.61. The van der Waals surface area contributed by atoms with Crippen LogP contribution in [0.25, 0.3) is 0 Å². The third-order valence-electron chi connectivity index (χ3n) is 2.12. The molecule has 14 heavy (non-hydrogen) atoms. The lowest BCUT2D eigenvalue weighted by atomic mass is 10.0. The van der Waals surface area contributed by atoms with Gasteiger partial charge in [-0.05, 0) is 19.1 Å². The van der Waals surface area contributed by atoms with E-state index in [-0.39, 0.29) is 12.6 Å². The van der Waals surface area contributed by atoms with Crippen LogP contribution in [0, 0.1) is 0 Å². The maximum atomic E-state index is 11.3. The molecular formula is C10H9ClO3. The Labute approximate surface area is 86.6 Å². The minimum absolute atomic E-state index is 0.0686. The van der Waals surface area contributed by atoms with E-state index in [1.54, 1.807) is 12.1 Å². The van der Waals surface area contributed by atoms with Crippen LogP contribution in [0.15, 0.2) is 12.1 Å². The SMILES string of the molecule is CC(=O)c1c(Cl)ccc2c1COCO2. The third kappa shape index (κ3) is 1.49. The minimum Gasteiger partial charge on any atom is -0.467 e. The van der Waals surface area contributed by atoms with Crippen molar-refractivity contribution in [1.29, 1.82) is 0 Å². The molecule has 4 heteroatoms. The average Bonchev–Trinajstić information content (AvgIpc) is 2.17. The van der Waals surface area contributed by atoms with Crippen LogP contribution in [0.4, 0.5) is 0 Å². The van der Waals surface area contributed by atoms with Crippen LogP contribution in [-0.2, 0) is 11.3 Å². The molecule has 1 aromatic carbocycles. The van der Waals surface area contributed by atoms with E-state index in [1.165, 1.54) is 6.92 Å². The number of fused-ring (bicyclic) bond motifs is 1. The molecule has 2 rings (SSSR count). The van der Waals surface area contributed by atoms with Gasteiger partial charge in [0.05, 0.1) is 11.6 Å². The Kier molecular flexibility index (Phi) is 2.44. The van der Waals surface area contributed by atoms with Crippen LogP contribution in [0.1, 0.15) is 22.8 Å². The molecule has 0 radical (unpaired) electrons. The first kappa shape index (κ1) is 9.49. The van der Waals surface area contributed by atoms with Gasteiger partial charge < -0.3 is 9.47 Å². The maximum absolute atomic E-state index is 11.3. The molecule has 0 atom stereocenters. The van der Waals surface area contributed by atoms with Gasteiger partial charge in [-0.2, -0.15) is 0 Å². The Balaban J connectivity index is 2.60. The highest BCUT2D eigenvalue weighted by Crippen LogP contribution is 2.31. The van der Waals surface area contributed by atoms with Crippen molar-refractivity contribution in [3.8, 4) is 5.75 Å². The molecule has 1 aliphatic rings. The van der Waals surface area contributed by atoms with Crippen LogP contribution >= 0.6 is 11.6 Å². The number of benzene rings is 1. The van der Waals surface area contributed by atoms with E-state index >= 15 is 0 Å². The molecule has 1 aromatic rings. The molecule has 0 fully saturated rings. The van der Waals surface area contributed by atoms with Gasteiger partial charge in [0.25, 0.3) is 0 Å². The van der Waals surface area contributed by atoms with Crippen LogP contribution < -0.4 is 4.74 Å². The number of carbonyl (C=O) groups is 1. The Bertz CT molecular complexity index is 387. The Morgan fingerprint density at radius 2 is 2.29 bits per heavy atom. The third-order valence-corrected chi connectivity index (χ3v) is 2.43. The van der Waals surface area contributed by atoms with Crippen LogP contribution in [-0.4, -0.2) is 12.6 Å². The zero-order chi connectivity index (χ0) is 10.1. The van der Waals surface area contributed by atoms with Crippen LogP contribution in [0.5, 0.6) is 5.75 Å². The Morgan fingerprint density at radius 3 is 3.00 bits per heavy atom. The zero-order valence-electron chi connectivity index (χ0n) is 7.67. The van der Waals surface area contributed by atoms with Gasteiger partial charge in [-0.3, -0.25) is 4.79 Å². The quantitative estimate of drug-likeness (QED) is 0.671. The fourth-order valence-electron chi connectivity index (χ4n) is 1.51. The smallest absolute Gasteiger partial charge is 0.189 e. The lowest BCUT2D eigenvalue weighted by Crippen LogP contribution is -2.14. The predicted molar refractivity (Wildman–Crippen MR) is 51.7 cm³/mol. The summed E-state index contributed by atoms with van der Waals surface area (Å²) < 4.78 is 10.3. The normalized spacial score (nSPS) is 14.4. The molecule has 0 amide bonds. The van der Waals surface area contributed by atoms with Gasteiger partial charge in [0, 0.05) is 11.1 Å². The summed E-state index contributed by atoms with van der Waals surface area (Å²) in [5, 5.41) is 0.449. The second kappa shape index (κ2) is 3.59. The molecule has 3 nitrogen and oxygen atoms in total. The van der Waals surface area contributed by atoms with E-state index in [2.05, 4.69) is 0 Å². The molecule has 0 spiro atoms. The van der Waals surface area contributed by atoms with E-state index in [9.17, 15) is 4.79 Å². The number of ether oxygens (including phenoxy) is 2. The summed E-state index contributed by atoms with van der Waals surface area (Å²) in [7, 11) is 0. The van der Waals surface area contributed by atoms with Gasteiger partial charge in [0.2, 0.25) is 0 Å². The molecule has 0 unspecified atom stereocenters. The number of Topliss-reactive ketones (excluding diaryl/α,β-unsaturated/α-hetero) is 1. The first-order chi connectivity index (χ1) is 6.70. The predicted octanol–water partition coefficient (Wildman–Crippen LogP) is 2.41. The molecule has 1 aliphatic heterocycles. The van der Waals surface area contributed by atoms with Crippen molar-refractivity contribution in [3.05, 3.63) is 28.3 Å². The average molecular weight is 213 g/mol. The summed E-state index contributed by atoms with van der Waals surface area (Å²) in [4.78, 5) is 11.3. The number of hydrogen-bond acceptors (Lipinski definition) is 3. The summed E-state index contributed by atoms with van der Waals surface area (Å²) in [6, 6.07) is 3.43. The molecule has 0 saturated heterocycles. The summed E-state index contributed by atoms with van der Waals surface area (Å²) in [5.74, 6) is 0.617. The van der Waals surface area contributed by atoms with E-state index in [0.29, 0.717) is 22.9 Å². The van der Waals surface area contributed by atoms with Crippen molar-refractivity contribution >= 4 is 17.4 Å². The fraction of sp³-hybridized carbons (Fsp3) is 0.300. The molecule has 74 valence electrons. The highest BCUT2D eigenvalue weighted by Gasteiger charge is 2.19. The number of carbonyl (C=O) groups excluding carboxylic acids is 1. The van der Waals surface area contributed by atoms with E-state index in [4.69, 9.17) is 21.1 Å². The van der Waals surface area contributed by atoms with Gasteiger partial charge in [-0.15, -0.1) is 0 Å². The van der Waals surface area contributed by atoms with E-state index in [1.807, 2.05) is 0 Å². The monoisotopic (exact) mass is 212 g/mol. The van der Waals surface area contributed by atoms with Crippen molar-refractivity contribution in [3.63, 3.8) is 0 Å². The zero-order valence-corrected chi connectivity index (χ0v) is 8.43. The minimum atomic E-state index is -0.0686. The van der Waals surface area contributed by atoms with Gasteiger partial charge >= 0.3 is 0 Å². The van der Waals surface area contributed by atoms with E-state index in [0.717, 1.165) is 5.56 Å². The van der Waals surface area contributed by atoms with Crippen molar-refractivity contribution in [1.82, 2.24) is 0 Å². The second-order valence-corrected chi connectivity index (χ2v) is 3.47. The van der Waals surface area contributed by atoms with Crippen molar-refractivity contribution in [2.45, 2.75) is 13.5 Å². The molecule has 0 aromatic heterocycles. The number of halogens is 1. The number of ketones is 1. The number of rotatable bonds is 1. The van der Waals surface area contributed by atoms with Crippen molar-refractivity contribution < 1.29 is 14.3 Å². The van der Waals surface area contributed by atoms with Crippen LogP contribution in [0.2, 0.25) is 5.02 Å². The molecule has 0 aliphatic carbocycles. The Morgan fingerprint density at radius 1 is 1.50 bits per heavy atom. The lowest BCUT2D eigenvalue weighted by molar-refractivity contribution is -0.0167. The number of hydrogen-bond donors (Lipinski definition) is 0. The van der Waals surface area contributed by atoms with Gasteiger partial charge in [-0.25, -0.2) is 0 Å². The molecular weight excluding hydrogens is 204 g/mol. The Hall–Kier alpha value is -1.06. The second-order valence-electron chi connectivity index (χ2n) is 3.07. The summed E-state index contributed by atoms with van der Waals surface area (Å²) in [6.45, 7) is 2.09. The van der Waals surface area contributed by atoms with Crippen molar-refractivity contribution in [2.24, 2.45) is 0 Å². The molecule has 1 heterocycles. The van der Waals surface area contributed by atoms with Gasteiger partial charge in [0.15, 0.2) is 12.6 Å². The topological polar surface area (TPSA) is 35.5 Å². The largest absolute Gasteiger partial charge is 0.467 e. The highest BCUT2D eigenvalue weighted by molar-refractivity contribution is 6.34. The maximum Gasteiger partial charge on any atom is 0.189 e. The fourth-order valence-corrected chi connectivity index (χ4v) is 1.82. The molecule has 0 bridgehead atoms. The summed E-state index contributed by atoms with van der Waals surface area (Å²) in [6.07, 6.45) is 0. The molecule has 0 N–H and O–H groups in total. The standard InChI is InChI=1S/C10H9ClO3/c1-6(12)10-7-4-13-5-14-9(7)3-2-8(10)11/h2-3H,4-5H2,1H3. The summed E-state index contributed by atoms with van der Waals surface area (Å²) >= 11 is 5.92. The first-order valence-electron chi connectivity index (χ1n) is 4.23. The van der Waals surface area contributed by atoms with Crippen LogP contribution in [0.3, 0.4) is 0 Å². The van der Waals surface area contributed by atoms with Crippen molar-refractivity contribution in [2.75, 3.05) is 6.79 Å². The van der Waals surface area contributed by atoms with E-state index < -0.39 is 0 Å². The summed E-state index contributed by atoms with van der Waals surface area (Å²) in [5.41, 5.74) is 1.25. The van der Waals surface area contributed by atoms with Gasteiger partial charge in [0.1, 0.15) is 5.75 Å². The van der Waals surface area contributed by atoms with Gasteiger partial charge in [-0.1, -0.05) is 11.6 Å². The molecule has 0 saturated carbocycles. The lowest BCUT2D eigenvalue weighted by Gasteiger charge is -2.20.